The Labute approximate surface area is 239 Å². The van der Waals surface area contributed by atoms with Crippen LogP contribution in [-0.2, 0) is 0 Å². The number of benzene rings is 6. The Morgan fingerprint density at radius 3 is 1.76 bits per heavy atom. The van der Waals surface area contributed by atoms with Crippen molar-refractivity contribution in [2.75, 3.05) is 0 Å². The van der Waals surface area contributed by atoms with Crippen LogP contribution in [0.2, 0.25) is 0 Å². The van der Waals surface area contributed by atoms with Gasteiger partial charge in [0, 0.05) is 43.6 Å². The molecule has 42 heavy (non-hydrogen) atoms. The normalized spacial score (nSPS) is 11.8. The molecule has 0 amide bonds. The van der Waals surface area contributed by atoms with E-state index in [1.165, 1.54) is 0 Å². The van der Waals surface area contributed by atoms with Crippen molar-refractivity contribution in [2.45, 2.75) is 0 Å². The predicted molar refractivity (Wildman–Crippen MR) is 168 cm³/mol. The molecule has 0 spiro atoms. The number of nitrogens with zero attached hydrogens (tertiary/aromatic N) is 3. The zero-order valence-electron chi connectivity index (χ0n) is 22.3. The van der Waals surface area contributed by atoms with Gasteiger partial charge >= 0.3 is 0 Å². The molecule has 5 heteroatoms. The molecule has 9 rings (SSSR count). The summed E-state index contributed by atoms with van der Waals surface area (Å²) in [5.41, 5.74) is 6.00. The maximum Gasteiger partial charge on any atom is 0.164 e. The summed E-state index contributed by atoms with van der Waals surface area (Å²) in [6.07, 6.45) is 0. The highest BCUT2D eigenvalue weighted by molar-refractivity contribution is 6.19. The Bertz CT molecular complexity index is 2470. The van der Waals surface area contributed by atoms with Gasteiger partial charge in [-0.1, -0.05) is 103 Å². The Balaban J connectivity index is 1.36. The third-order valence-corrected chi connectivity index (χ3v) is 7.94. The van der Waals surface area contributed by atoms with Crippen LogP contribution in [-0.4, -0.2) is 15.0 Å². The standard InChI is InChI=1S/C37H21N3O2/c1-2-11-23(12-3-1)35-38-36(27-15-8-18-30-32(27)25-14-6-7-17-29(25)41-30)40-37(39-35)28-16-9-19-31-33(28)26-21-20-22-10-4-5-13-24(22)34(26)42-31/h1-21H. The van der Waals surface area contributed by atoms with E-state index in [2.05, 4.69) is 42.5 Å². The summed E-state index contributed by atoms with van der Waals surface area (Å²) >= 11 is 0. The summed E-state index contributed by atoms with van der Waals surface area (Å²) in [4.78, 5) is 15.2. The van der Waals surface area contributed by atoms with Crippen LogP contribution in [0, 0.1) is 0 Å². The first-order chi connectivity index (χ1) is 20.8. The van der Waals surface area contributed by atoms with Crippen LogP contribution in [0.25, 0.3) is 88.8 Å². The fraction of sp³-hybridized carbons (Fsp3) is 0. The van der Waals surface area contributed by atoms with Gasteiger partial charge in [-0.3, -0.25) is 0 Å². The zero-order chi connectivity index (χ0) is 27.6. The smallest absolute Gasteiger partial charge is 0.164 e. The highest BCUT2D eigenvalue weighted by atomic mass is 16.3. The van der Waals surface area contributed by atoms with Crippen molar-refractivity contribution in [2.24, 2.45) is 0 Å². The van der Waals surface area contributed by atoms with Crippen LogP contribution in [0.5, 0.6) is 0 Å². The lowest BCUT2D eigenvalue weighted by Gasteiger charge is -2.10. The number of hydrogen-bond donors (Lipinski definition) is 0. The van der Waals surface area contributed by atoms with Gasteiger partial charge in [-0.15, -0.1) is 0 Å². The van der Waals surface area contributed by atoms with Crippen molar-refractivity contribution >= 4 is 54.6 Å². The van der Waals surface area contributed by atoms with Gasteiger partial charge in [0.2, 0.25) is 0 Å². The van der Waals surface area contributed by atoms with Crippen molar-refractivity contribution in [3.05, 3.63) is 127 Å². The van der Waals surface area contributed by atoms with Crippen LogP contribution in [0.15, 0.2) is 136 Å². The van der Waals surface area contributed by atoms with E-state index >= 15 is 0 Å². The Hall–Kier alpha value is -5.81. The van der Waals surface area contributed by atoms with Gasteiger partial charge in [-0.05, 0) is 29.7 Å². The molecule has 0 aliphatic rings. The second-order valence-electron chi connectivity index (χ2n) is 10.4. The summed E-state index contributed by atoms with van der Waals surface area (Å²) in [6.45, 7) is 0. The largest absolute Gasteiger partial charge is 0.456 e. The van der Waals surface area contributed by atoms with E-state index in [9.17, 15) is 0 Å². The molecule has 0 saturated carbocycles. The van der Waals surface area contributed by atoms with Crippen LogP contribution in [0.1, 0.15) is 0 Å². The molecule has 0 atom stereocenters. The number of aromatic nitrogens is 3. The second-order valence-corrected chi connectivity index (χ2v) is 10.4. The summed E-state index contributed by atoms with van der Waals surface area (Å²) in [6, 6.07) is 42.8. The lowest BCUT2D eigenvalue weighted by atomic mass is 10.0. The fourth-order valence-electron chi connectivity index (χ4n) is 6.03. The SMILES string of the molecule is c1ccc(-c2nc(-c3cccc4oc5ccccc5c34)nc(-c3cccc4oc5c6ccccc6ccc5c34)n2)cc1. The summed E-state index contributed by atoms with van der Waals surface area (Å²) < 4.78 is 12.7. The highest BCUT2D eigenvalue weighted by Crippen LogP contribution is 2.40. The Morgan fingerprint density at radius 1 is 0.381 bits per heavy atom. The van der Waals surface area contributed by atoms with Gasteiger partial charge in [0.1, 0.15) is 22.3 Å². The monoisotopic (exact) mass is 539 g/mol. The van der Waals surface area contributed by atoms with E-state index < -0.39 is 0 Å². The molecule has 3 aromatic heterocycles. The first-order valence-electron chi connectivity index (χ1n) is 13.9. The van der Waals surface area contributed by atoms with E-state index in [-0.39, 0.29) is 0 Å². The van der Waals surface area contributed by atoms with E-state index in [1.54, 1.807) is 0 Å². The van der Waals surface area contributed by atoms with E-state index in [0.717, 1.165) is 71.3 Å². The van der Waals surface area contributed by atoms with Gasteiger partial charge in [0.05, 0.1) is 0 Å². The molecule has 3 heterocycles. The van der Waals surface area contributed by atoms with Crippen LogP contribution >= 0.6 is 0 Å². The summed E-state index contributed by atoms with van der Waals surface area (Å²) in [5.74, 6) is 1.78. The quantitative estimate of drug-likeness (QED) is 0.224. The lowest BCUT2D eigenvalue weighted by Crippen LogP contribution is -2.00. The van der Waals surface area contributed by atoms with Gasteiger partial charge < -0.3 is 8.83 Å². The topological polar surface area (TPSA) is 65.0 Å². The fourth-order valence-corrected chi connectivity index (χ4v) is 6.03. The maximum atomic E-state index is 6.47. The van der Waals surface area contributed by atoms with Crippen LogP contribution < -0.4 is 0 Å². The van der Waals surface area contributed by atoms with Crippen molar-refractivity contribution < 1.29 is 8.83 Å². The van der Waals surface area contributed by atoms with Gasteiger partial charge in [0.15, 0.2) is 17.5 Å². The van der Waals surface area contributed by atoms with Crippen LogP contribution in [0.4, 0.5) is 0 Å². The number of furan rings is 2. The number of para-hydroxylation sites is 1. The Morgan fingerprint density at radius 2 is 0.976 bits per heavy atom. The highest BCUT2D eigenvalue weighted by Gasteiger charge is 2.20. The lowest BCUT2D eigenvalue weighted by molar-refractivity contribution is 0.669. The molecule has 0 unspecified atom stereocenters. The minimum Gasteiger partial charge on any atom is -0.456 e. The van der Waals surface area contributed by atoms with Gasteiger partial charge in [-0.25, -0.2) is 15.0 Å². The summed E-state index contributed by atoms with van der Waals surface area (Å²) in [5, 5.41) is 6.26. The average molecular weight is 540 g/mol. The predicted octanol–water partition coefficient (Wildman–Crippen LogP) is 9.82. The van der Waals surface area contributed by atoms with Crippen molar-refractivity contribution in [3.8, 4) is 34.2 Å². The number of hydrogen-bond acceptors (Lipinski definition) is 5. The van der Waals surface area contributed by atoms with Crippen molar-refractivity contribution in [1.29, 1.82) is 0 Å². The van der Waals surface area contributed by atoms with Gasteiger partial charge in [0.25, 0.3) is 0 Å². The van der Waals surface area contributed by atoms with Gasteiger partial charge in [-0.2, -0.15) is 0 Å². The maximum absolute atomic E-state index is 6.47. The molecular formula is C37H21N3O2. The van der Waals surface area contributed by atoms with Crippen LogP contribution in [0.3, 0.4) is 0 Å². The average Bonchev–Trinajstić information content (AvgIpc) is 3.64. The first kappa shape index (κ1) is 22.9. The van der Waals surface area contributed by atoms with Crippen molar-refractivity contribution in [1.82, 2.24) is 15.0 Å². The Kier molecular flexibility index (Phi) is 4.83. The molecule has 0 aliphatic carbocycles. The van der Waals surface area contributed by atoms with Crippen molar-refractivity contribution in [3.63, 3.8) is 0 Å². The molecule has 0 fully saturated rings. The molecule has 0 saturated heterocycles. The minimum absolute atomic E-state index is 0.588. The third-order valence-electron chi connectivity index (χ3n) is 7.94. The number of fused-ring (bicyclic) bond motifs is 8. The van der Waals surface area contributed by atoms with E-state index in [0.29, 0.717) is 17.5 Å². The molecule has 0 aliphatic heterocycles. The molecule has 6 aromatic carbocycles. The zero-order valence-corrected chi connectivity index (χ0v) is 22.3. The first-order valence-corrected chi connectivity index (χ1v) is 13.9. The molecule has 196 valence electrons. The molecular weight excluding hydrogens is 518 g/mol. The third kappa shape index (κ3) is 3.40. The molecule has 0 radical (unpaired) electrons. The number of rotatable bonds is 3. The summed E-state index contributed by atoms with van der Waals surface area (Å²) in [7, 11) is 0. The molecule has 0 bridgehead atoms. The van der Waals surface area contributed by atoms with E-state index in [1.807, 2.05) is 84.9 Å². The minimum atomic E-state index is 0.588. The molecule has 5 nitrogen and oxygen atoms in total. The molecule has 9 aromatic rings. The van der Waals surface area contributed by atoms with E-state index in [4.69, 9.17) is 23.8 Å². The second kappa shape index (κ2) is 8.85. The molecule has 0 N–H and O–H groups in total.